The highest BCUT2D eigenvalue weighted by molar-refractivity contribution is 5.99. The molecule has 4 nitrogen and oxygen atoms in total. The summed E-state index contributed by atoms with van der Waals surface area (Å²) < 4.78 is 0. The third kappa shape index (κ3) is 3.09. The van der Waals surface area contributed by atoms with E-state index in [4.69, 9.17) is 11.5 Å². The zero-order valence-electron chi connectivity index (χ0n) is 11.5. The predicted octanol–water partition coefficient (Wildman–Crippen LogP) is 2.73. The SMILES string of the molecule is CCC(NC(=O)c1ccc(N)cc1N)c1ccccc1. The molecule has 2 aromatic carbocycles. The van der Waals surface area contributed by atoms with Crippen molar-refractivity contribution in [3.05, 3.63) is 59.7 Å². The largest absolute Gasteiger partial charge is 0.399 e. The molecule has 1 unspecified atom stereocenters. The molecule has 2 aromatic rings. The van der Waals surface area contributed by atoms with Crippen molar-refractivity contribution in [2.75, 3.05) is 11.5 Å². The molecule has 0 heterocycles. The zero-order valence-corrected chi connectivity index (χ0v) is 11.5. The summed E-state index contributed by atoms with van der Waals surface area (Å²) in [6.07, 6.45) is 0.810. The van der Waals surface area contributed by atoms with Crippen molar-refractivity contribution in [3.8, 4) is 0 Å². The number of hydrogen-bond donors (Lipinski definition) is 3. The topological polar surface area (TPSA) is 81.1 Å². The molecule has 0 saturated carbocycles. The Balaban J connectivity index is 2.17. The van der Waals surface area contributed by atoms with Gasteiger partial charge in [0.05, 0.1) is 11.6 Å². The van der Waals surface area contributed by atoms with E-state index in [0.717, 1.165) is 12.0 Å². The van der Waals surface area contributed by atoms with Crippen LogP contribution in [0.2, 0.25) is 0 Å². The normalized spacial score (nSPS) is 11.8. The minimum absolute atomic E-state index is 0.0272. The highest BCUT2D eigenvalue weighted by Gasteiger charge is 2.15. The van der Waals surface area contributed by atoms with Gasteiger partial charge in [0.1, 0.15) is 0 Å². The van der Waals surface area contributed by atoms with E-state index in [-0.39, 0.29) is 11.9 Å². The third-order valence-electron chi connectivity index (χ3n) is 3.24. The van der Waals surface area contributed by atoms with Crippen LogP contribution < -0.4 is 16.8 Å². The fourth-order valence-electron chi connectivity index (χ4n) is 2.13. The van der Waals surface area contributed by atoms with E-state index >= 15 is 0 Å². The van der Waals surface area contributed by atoms with Crippen molar-refractivity contribution < 1.29 is 4.79 Å². The maximum absolute atomic E-state index is 12.3. The number of hydrogen-bond acceptors (Lipinski definition) is 3. The molecule has 5 N–H and O–H groups in total. The fourth-order valence-corrected chi connectivity index (χ4v) is 2.13. The lowest BCUT2D eigenvalue weighted by molar-refractivity contribution is 0.0936. The smallest absolute Gasteiger partial charge is 0.253 e. The fraction of sp³-hybridized carbons (Fsp3) is 0.188. The monoisotopic (exact) mass is 269 g/mol. The summed E-state index contributed by atoms with van der Waals surface area (Å²) in [5.41, 5.74) is 13.9. The summed E-state index contributed by atoms with van der Waals surface area (Å²) in [5, 5.41) is 3.00. The van der Waals surface area contributed by atoms with E-state index < -0.39 is 0 Å². The second kappa shape index (κ2) is 6.10. The van der Waals surface area contributed by atoms with Crippen molar-refractivity contribution in [2.24, 2.45) is 0 Å². The number of anilines is 2. The predicted molar refractivity (Wildman–Crippen MR) is 82.2 cm³/mol. The third-order valence-corrected chi connectivity index (χ3v) is 3.24. The molecule has 0 fully saturated rings. The second-order valence-corrected chi connectivity index (χ2v) is 4.69. The van der Waals surface area contributed by atoms with E-state index in [1.165, 1.54) is 0 Å². The molecule has 0 spiro atoms. The van der Waals surface area contributed by atoms with Gasteiger partial charge in [0.2, 0.25) is 0 Å². The van der Waals surface area contributed by atoms with Gasteiger partial charge in [-0.15, -0.1) is 0 Å². The lowest BCUT2D eigenvalue weighted by atomic mass is 10.0. The van der Waals surface area contributed by atoms with Crippen LogP contribution in [-0.4, -0.2) is 5.91 Å². The van der Waals surface area contributed by atoms with Gasteiger partial charge in [0.25, 0.3) is 5.91 Å². The molecule has 20 heavy (non-hydrogen) atoms. The van der Waals surface area contributed by atoms with Crippen LogP contribution in [0.3, 0.4) is 0 Å². The molecule has 0 aromatic heterocycles. The summed E-state index contributed by atoms with van der Waals surface area (Å²) in [6.45, 7) is 2.03. The molecule has 4 heteroatoms. The van der Waals surface area contributed by atoms with Crippen LogP contribution in [0.25, 0.3) is 0 Å². The van der Waals surface area contributed by atoms with Crippen LogP contribution >= 0.6 is 0 Å². The molecular weight excluding hydrogens is 250 g/mol. The number of amides is 1. The van der Waals surface area contributed by atoms with E-state index in [2.05, 4.69) is 5.32 Å². The molecule has 1 amide bonds. The van der Waals surface area contributed by atoms with Crippen molar-refractivity contribution >= 4 is 17.3 Å². The highest BCUT2D eigenvalue weighted by atomic mass is 16.1. The minimum atomic E-state index is -0.182. The second-order valence-electron chi connectivity index (χ2n) is 4.69. The lowest BCUT2D eigenvalue weighted by Crippen LogP contribution is -2.28. The van der Waals surface area contributed by atoms with Gasteiger partial charge in [-0.1, -0.05) is 37.3 Å². The molecule has 0 aliphatic carbocycles. The standard InChI is InChI=1S/C16H19N3O/c1-2-15(11-6-4-3-5-7-11)19-16(20)13-9-8-12(17)10-14(13)18/h3-10,15H,2,17-18H2,1H3,(H,19,20). The van der Waals surface area contributed by atoms with E-state index in [1.54, 1.807) is 18.2 Å². The molecule has 2 rings (SSSR count). The van der Waals surface area contributed by atoms with Crippen LogP contribution in [0.1, 0.15) is 35.3 Å². The lowest BCUT2D eigenvalue weighted by Gasteiger charge is -2.18. The van der Waals surface area contributed by atoms with Crippen LogP contribution in [0.5, 0.6) is 0 Å². The van der Waals surface area contributed by atoms with Gasteiger partial charge in [-0.25, -0.2) is 0 Å². The molecule has 104 valence electrons. The molecule has 0 bridgehead atoms. The number of carbonyl (C=O) groups is 1. The Morgan fingerprint density at radius 1 is 1.15 bits per heavy atom. The molecule has 0 aliphatic rings. The number of nitrogen functional groups attached to an aromatic ring is 2. The van der Waals surface area contributed by atoms with E-state index in [9.17, 15) is 4.79 Å². The number of carbonyl (C=O) groups excluding carboxylic acids is 1. The molecule has 0 radical (unpaired) electrons. The van der Waals surface area contributed by atoms with Gasteiger partial charge < -0.3 is 16.8 Å². The number of rotatable bonds is 4. The van der Waals surface area contributed by atoms with Gasteiger partial charge in [0, 0.05) is 11.4 Å². The first-order valence-corrected chi connectivity index (χ1v) is 6.62. The Labute approximate surface area is 118 Å². The van der Waals surface area contributed by atoms with Crippen molar-refractivity contribution in [1.29, 1.82) is 0 Å². The van der Waals surface area contributed by atoms with Gasteiger partial charge >= 0.3 is 0 Å². The molecule has 0 aliphatic heterocycles. The molecule has 0 saturated heterocycles. The Kier molecular flexibility index (Phi) is 4.25. The van der Waals surface area contributed by atoms with Gasteiger partial charge in [0.15, 0.2) is 0 Å². The van der Waals surface area contributed by atoms with Gasteiger partial charge in [-0.2, -0.15) is 0 Å². The summed E-state index contributed by atoms with van der Waals surface area (Å²) >= 11 is 0. The molecular formula is C16H19N3O. The van der Waals surface area contributed by atoms with Crippen LogP contribution in [0, 0.1) is 0 Å². The first-order valence-electron chi connectivity index (χ1n) is 6.62. The quantitative estimate of drug-likeness (QED) is 0.746. The first-order chi connectivity index (χ1) is 9.61. The molecule has 1 atom stereocenters. The maximum Gasteiger partial charge on any atom is 0.253 e. The van der Waals surface area contributed by atoms with Crippen molar-refractivity contribution in [3.63, 3.8) is 0 Å². The average molecular weight is 269 g/mol. The summed E-state index contributed by atoms with van der Waals surface area (Å²) in [4.78, 5) is 12.3. The Hall–Kier alpha value is -2.49. The van der Waals surface area contributed by atoms with Crippen LogP contribution in [0.15, 0.2) is 48.5 Å². The number of benzene rings is 2. The minimum Gasteiger partial charge on any atom is -0.399 e. The Morgan fingerprint density at radius 3 is 2.45 bits per heavy atom. The Morgan fingerprint density at radius 2 is 1.85 bits per heavy atom. The maximum atomic E-state index is 12.3. The number of nitrogens with two attached hydrogens (primary N) is 2. The number of nitrogens with one attached hydrogen (secondary N) is 1. The van der Waals surface area contributed by atoms with Gasteiger partial charge in [-0.05, 0) is 30.2 Å². The van der Waals surface area contributed by atoms with E-state index in [1.807, 2.05) is 37.3 Å². The summed E-state index contributed by atoms with van der Waals surface area (Å²) in [7, 11) is 0. The van der Waals surface area contributed by atoms with Crippen LogP contribution in [0.4, 0.5) is 11.4 Å². The zero-order chi connectivity index (χ0) is 14.5. The highest BCUT2D eigenvalue weighted by Crippen LogP contribution is 2.20. The Bertz CT molecular complexity index is 596. The summed E-state index contributed by atoms with van der Waals surface area (Å²) in [6, 6.07) is 14.8. The summed E-state index contributed by atoms with van der Waals surface area (Å²) in [5.74, 6) is -0.182. The van der Waals surface area contributed by atoms with Crippen molar-refractivity contribution in [1.82, 2.24) is 5.32 Å². The van der Waals surface area contributed by atoms with Crippen LogP contribution in [-0.2, 0) is 0 Å². The average Bonchev–Trinajstić information content (AvgIpc) is 2.45. The van der Waals surface area contributed by atoms with E-state index in [0.29, 0.717) is 16.9 Å². The van der Waals surface area contributed by atoms with Crippen molar-refractivity contribution in [2.45, 2.75) is 19.4 Å². The van der Waals surface area contributed by atoms with Gasteiger partial charge in [-0.3, -0.25) is 4.79 Å². The first kappa shape index (κ1) is 13.9.